The number of oxazole rings is 1. The highest BCUT2D eigenvalue weighted by molar-refractivity contribution is 6.00. The van der Waals surface area contributed by atoms with Gasteiger partial charge in [-0.15, -0.1) is 0 Å². The Balaban J connectivity index is 2.26. The summed E-state index contributed by atoms with van der Waals surface area (Å²) in [5, 5.41) is 9.68. The number of aromatic nitrogens is 1. The third-order valence-electron chi connectivity index (χ3n) is 5.23. The van der Waals surface area contributed by atoms with Crippen LogP contribution in [0.5, 0.6) is 0 Å². The number of anilines is 1. The van der Waals surface area contributed by atoms with Gasteiger partial charge in [0.2, 0.25) is 0 Å². The standard InChI is InChI=1S/C20H25N5O2/c1-7-14-12(2)15(10-21)16-18(27-19(22-16)20(26)24(5)6)17(14)25-9-8-13(11-25)23(3)4/h7,13H,1,8-9,11H2,2-6H3/t13-/m0/s1. The number of hydrogen-bond acceptors (Lipinski definition) is 6. The molecule has 7 heteroatoms. The summed E-state index contributed by atoms with van der Waals surface area (Å²) in [6, 6.07) is 2.65. The molecule has 1 aliphatic rings. The molecule has 0 aliphatic carbocycles. The Kier molecular flexibility index (Phi) is 4.94. The second-order valence-electron chi connectivity index (χ2n) is 7.33. The Morgan fingerprint density at radius 1 is 1.41 bits per heavy atom. The number of hydrogen-bond donors (Lipinski definition) is 0. The van der Waals surface area contributed by atoms with Gasteiger partial charge in [-0.2, -0.15) is 5.26 Å². The van der Waals surface area contributed by atoms with Crippen LogP contribution in [-0.2, 0) is 0 Å². The zero-order chi connectivity index (χ0) is 19.9. The van der Waals surface area contributed by atoms with Crippen LogP contribution in [0.25, 0.3) is 17.2 Å². The van der Waals surface area contributed by atoms with Crippen LogP contribution in [0.3, 0.4) is 0 Å². The monoisotopic (exact) mass is 367 g/mol. The Bertz CT molecular complexity index is 952. The molecule has 0 bridgehead atoms. The summed E-state index contributed by atoms with van der Waals surface area (Å²) in [6.45, 7) is 7.54. The highest BCUT2D eigenvalue weighted by Gasteiger charge is 2.31. The molecule has 27 heavy (non-hydrogen) atoms. The predicted octanol–water partition coefficient (Wildman–Crippen LogP) is 2.49. The maximum absolute atomic E-state index is 12.4. The van der Waals surface area contributed by atoms with Crippen LogP contribution in [-0.4, -0.2) is 68.0 Å². The van der Waals surface area contributed by atoms with Crippen molar-refractivity contribution in [3.8, 4) is 6.07 Å². The van der Waals surface area contributed by atoms with Crippen LogP contribution in [0.1, 0.15) is 33.8 Å². The zero-order valence-electron chi connectivity index (χ0n) is 16.5. The molecule has 1 amide bonds. The van der Waals surface area contributed by atoms with Gasteiger partial charge in [-0.25, -0.2) is 4.98 Å². The van der Waals surface area contributed by atoms with Gasteiger partial charge in [0.05, 0.1) is 11.3 Å². The zero-order valence-corrected chi connectivity index (χ0v) is 16.5. The summed E-state index contributed by atoms with van der Waals surface area (Å²) in [5.41, 5.74) is 3.88. The van der Waals surface area contributed by atoms with Gasteiger partial charge >= 0.3 is 5.91 Å². The van der Waals surface area contributed by atoms with Crippen LogP contribution in [0, 0.1) is 18.3 Å². The smallest absolute Gasteiger partial charge is 0.309 e. The van der Waals surface area contributed by atoms with Gasteiger partial charge in [-0.1, -0.05) is 12.7 Å². The number of benzene rings is 1. The molecule has 7 nitrogen and oxygen atoms in total. The number of nitrogens with zero attached hydrogens (tertiary/aromatic N) is 5. The summed E-state index contributed by atoms with van der Waals surface area (Å²) in [7, 11) is 7.44. The van der Waals surface area contributed by atoms with Crippen molar-refractivity contribution in [1.29, 1.82) is 5.26 Å². The third-order valence-corrected chi connectivity index (χ3v) is 5.23. The first-order valence-corrected chi connectivity index (χ1v) is 8.92. The van der Waals surface area contributed by atoms with Crippen LogP contribution in [0.4, 0.5) is 5.69 Å². The molecular weight excluding hydrogens is 342 g/mol. The van der Waals surface area contributed by atoms with Gasteiger partial charge in [-0.3, -0.25) is 4.79 Å². The van der Waals surface area contributed by atoms with Gasteiger partial charge in [0.15, 0.2) is 5.58 Å². The molecule has 1 fully saturated rings. The first-order valence-electron chi connectivity index (χ1n) is 8.92. The average Bonchev–Trinajstić information content (AvgIpc) is 3.27. The normalized spacial score (nSPS) is 16.8. The topological polar surface area (TPSA) is 76.6 Å². The van der Waals surface area contributed by atoms with E-state index in [1.165, 1.54) is 4.90 Å². The minimum atomic E-state index is -0.327. The maximum atomic E-state index is 12.4. The van der Waals surface area contributed by atoms with E-state index in [0.29, 0.717) is 22.7 Å². The molecule has 2 heterocycles. The lowest BCUT2D eigenvalue weighted by molar-refractivity contribution is 0.0791. The third kappa shape index (κ3) is 3.06. The van der Waals surface area contributed by atoms with Gasteiger partial charge in [0.25, 0.3) is 5.89 Å². The summed E-state index contributed by atoms with van der Waals surface area (Å²) >= 11 is 0. The fourth-order valence-electron chi connectivity index (χ4n) is 3.61. The fourth-order valence-corrected chi connectivity index (χ4v) is 3.61. The molecule has 0 unspecified atom stereocenters. The van der Waals surface area contributed by atoms with Crippen molar-refractivity contribution in [2.45, 2.75) is 19.4 Å². The SMILES string of the molecule is C=Cc1c(C)c(C#N)c2nc(C(=O)N(C)C)oc2c1N1CC[C@H](N(C)C)C1. The van der Waals surface area contributed by atoms with Gasteiger partial charge in [0, 0.05) is 38.8 Å². The van der Waals surface area contributed by atoms with E-state index in [2.05, 4.69) is 41.5 Å². The van der Waals surface area contributed by atoms with Crippen molar-refractivity contribution < 1.29 is 9.21 Å². The van der Waals surface area contributed by atoms with Crippen molar-refractivity contribution in [2.24, 2.45) is 0 Å². The number of nitriles is 1. The van der Waals surface area contributed by atoms with E-state index in [4.69, 9.17) is 4.42 Å². The molecule has 1 atom stereocenters. The quantitative estimate of drug-likeness (QED) is 0.826. The number of carbonyl (C=O) groups is 1. The van der Waals surface area contributed by atoms with E-state index in [9.17, 15) is 10.1 Å². The Hall–Kier alpha value is -2.85. The second-order valence-corrected chi connectivity index (χ2v) is 7.33. The molecule has 1 aromatic carbocycles. The van der Waals surface area contributed by atoms with Crippen molar-refractivity contribution in [3.63, 3.8) is 0 Å². The maximum Gasteiger partial charge on any atom is 0.309 e. The molecule has 0 N–H and O–H groups in total. The Labute approximate surface area is 159 Å². The van der Waals surface area contributed by atoms with E-state index >= 15 is 0 Å². The largest absolute Gasteiger partial charge is 0.430 e. The Morgan fingerprint density at radius 3 is 2.63 bits per heavy atom. The van der Waals surface area contributed by atoms with Gasteiger partial charge in [-0.05, 0) is 33.0 Å². The molecule has 2 aromatic rings. The lowest BCUT2D eigenvalue weighted by Gasteiger charge is -2.24. The van der Waals surface area contributed by atoms with Crippen LogP contribution >= 0.6 is 0 Å². The van der Waals surface area contributed by atoms with Crippen LogP contribution in [0.2, 0.25) is 0 Å². The molecule has 0 radical (unpaired) electrons. The summed E-state index contributed by atoms with van der Waals surface area (Å²) < 4.78 is 5.91. The highest BCUT2D eigenvalue weighted by atomic mass is 16.4. The second kappa shape index (κ2) is 7.05. The van der Waals surface area contributed by atoms with Crippen LogP contribution < -0.4 is 4.90 Å². The van der Waals surface area contributed by atoms with Crippen LogP contribution in [0.15, 0.2) is 11.0 Å². The number of fused-ring (bicyclic) bond motifs is 1. The molecule has 1 aliphatic heterocycles. The first-order chi connectivity index (χ1) is 12.8. The highest BCUT2D eigenvalue weighted by Crippen LogP contribution is 2.39. The van der Waals surface area contributed by atoms with E-state index in [1.807, 2.05) is 6.92 Å². The van der Waals surface area contributed by atoms with Crippen molar-refractivity contribution in [3.05, 3.63) is 29.2 Å². The van der Waals surface area contributed by atoms with Crippen molar-refractivity contribution in [1.82, 2.24) is 14.8 Å². The van der Waals surface area contributed by atoms with Crippen molar-refractivity contribution >= 4 is 28.8 Å². The molecule has 0 saturated carbocycles. The molecule has 1 aromatic heterocycles. The molecule has 3 rings (SSSR count). The summed E-state index contributed by atoms with van der Waals surface area (Å²) in [6.07, 6.45) is 2.78. The Morgan fingerprint density at radius 2 is 2.11 bits per heavy atom. The molecule has 1 saturated heterocycles. The number of likely N-dealkylation sites (N-methyl/N-ethyl adjacent to an activating group) is 1. The van der Waals surface area contributed by atoms with E-state index in [1.54, 1.807) is 20.2 Å². The lowest BCUT2D eigenvalue weighted by atomic mass is 9.98. The summed E-state index contributed by atoms with van der Waals surface area (Å²) in [4.78, 5) is 22.6. The molecular formula is C20H25N5O2. The van der Waals surface area contributed by atoms with Gasteiger partial charge < -0.3 is 19.1 Å². The van der Waals surface area contributed by atoms with E-state index in [-0.39, 0.29) is 11.8 Å². The minimum Gasteiger partial charge on any atom is -0.430 e. The predicted molar refractivity (Wildman–Crippen MR) is 106 cm³/mol. The number of carbonyl (C=O) groups excluding carboxylic acids is 1. The lowest BCUT2D eigenvalue weighted by Crippen LogP contribution is -2.31. The minimum absolute atomic E-state index is 0.00304. The first kappa shape index (κ1) is 18.9. The molecule has 142 valence electrons. The summed E-state index contributed by atoms with van der Waals surface area (Å²) in [5.74, 6) is -0.330. The van der Waals surface area contributed by atoms with E-state index < -0.39 is 0 Å². The number of amides is 1. The molecule has 0 spiro atoms. The average molecular weight is 367 g/mol. The van der Waals surface area contributed by atoms with Gasteiger partial charge in [0.1, 0.15) is 11.6 Å². The fraction of sp³-hybridized carbons (Fsp3) is 0.450. The number of rotatable bonds is 4. The van der Waals surface area contributed by atoms with E-state index in [0.717, 1.165) is 36.3 Å². The van der Waals surface area contributed by atoms with Crippen molar-refractivity contribution in [2.75, 3.05) is 46.2 Å².